The molecule has 0 radical (unpaired) electrons. The quantitative estimate of drug-likeness (QED) is 0.636. The van der Waals surface area contributed by atoms with Crippen LogP contribution < -0.4 is 0 Å². The minimum Gasteiger partial charge on any atom is -0.171 e. The molecule has 0 aliphatic heterocycles. The fraction of sp³-hybridized carbons (Fsp3) is 1.00. The first-order valence-corrected chi connectivity index (χ1v) is 4.97. The first kappa shape index (κ1) is 13.8. The van der Waals surface area contributed by atoms with Gasteiger partial charge in [0.2, 0.25) is 0 Å². The van der Waals surface area contributed by atoms with Gasteiger partial charge in [0, 0.05) is 0 Å². The maximum Gasteiger partial charge on any atom is 0.393 e. The zero-order chi connectivity index (χ0) is 11.8. The molecular formula is C11H21F3. The second-order valence-electron chi connectivity index (χ2n) is 5.70. The molecule has 86 valence electrons. The maximum atomic E-state index is 12.6. The Morgan fingerprint density at radius 1 is 0.929 bits per heavy atom. The van der Waals surface area contributed by atoms with Crippen molar-refractivity contribution in [1.29, 1.82) is 0 Å². The lowest BCUT2D eigenvalue weighted by Crippen LogP contribution is -2.38. The van der Waals surface area contributed by atoms with Crippen LogP contribution in [-0.2, 0) is 0 Å². The van der Waals surface area contributed by atoms with Crippen LogP contribution in [0, 0.1) is 16.7 Å². The van der Waals surface area contributed by atoms with Gasteiger partial charge in [-0.2, -0.15) is 13.2 Å². The fourth-order valence-electron chi connectivity index (χ4n) is 1.44. The van der Waals surface area contributed by atoms with Gasteiger partial charge in [0.1, 0.15) is 0 Å². The van der Waals surface area contributed by atoms with E-state index in [9.17, 15) is 13.2 Å². The average Bonchev–Trinajstić information content (AvgIpc) is 1.80. The predicted octanol–water partition coefficient (Wildman–Crippen LogP) is 4.65. The number of alkyl halides is 3. The number of rotatable bonds is 3. The van der Waals surface area contributed by atoms with Crippen LogP contribution in [0.15, 0.2) is 0 Å². The van der Waals surface area contributed by atoms with Crippen molar-refractivity contribution in [3.63, 3.8) is 0 Å². The zero-order valence-electron chi connectivity index (χ0n) is 9.92. The van der Waals surface area contributed by atoms with E-state index < -0.39 is 11.6 Å². The molecule has 0 heterocycles. The van der Waals surface area contributed by atoms with E-state index in [1.807, 2.05) is 27.7 Å². The number of halogens is 3. The third-order valence-electron chi connectivity index (χ3n) is 3.23. The van der Waals surface area contributed by atoms with Crippen LogP contribution in [0.4, 0.5) is 13.2 Å². The Labute approximate surface area is 84.9 Å². The molecule has 0 bridgehead atoms. The Morgan fingerprint density at radius 3 is 1.50 bits per heavy atom. The van der Waals surface area contributed by atoms with Gasteiger partial charge in [-0.05, 0) is 17.8 Å². The molecule has 0 unspecified atom stereocenters. The molecule has 0 spiro atoms. The summed E-state index contributed by atoms with van der Waals surface area (Å²) in [5, 5.41) is 0. The standard InChI is InChI=1S/C11H21F3/c1-8(2)9(3,4)7-10(5,6)11(12,13)14/h8H,7H2,1-6H3. The van der Waals surface area contributed by atoms with Gasteiger partial charge in [0.05, 0.1) is 5.41 Å². The second-order valence-corrected chi connectivity index (χ2v) is 5.70. The summed E-state index contributed by atoms with van der Waals surface area (Å²) in [6.45, 7) is 10.3. The molecule has 0 aromatic rings. The highest BCUT2D eigenvalue weighted by Crippen LogP contribution is 2.47. The first-order chi connectivity index (χ1) is 5.90. The van der Waals surface area contributed by atoms with Gasteiger partial charge in [0.15, 0.2) is 0 Å². The molecule has 0 aliphatic carbocycles. The molecule has 3 heteroatoms. The second kappa shape index (κ2) is 3.74. The highest BCUT2D eigenvalue weighted by molar-refractivity contribution is 4.85. The zero-order valence-corrected chi connectivity index (χ0v) is 9.92. The SMILES string of the molecule is CC(C)C(C)(C)CC(C)(C)C(F)(F)F. The van der Waals surface area contributed by atoms with Crippen molar-refractivity contribution in [2.45, 2.75) is 54.1 Å². The van der Waals surface area contributed by atoms with Crippen molar-refractivity contribution < 1.29 is 13.2 Å². The van der Waals surface area contributed by atoms with Gasteiger partial charge in [0.25, 0.3) is 0 Å². The van der Waals surface area contributed by atoms with Gasteiger partial charge in [-0.15, -0.1) is 0 Å². The molecule has 0 aromatic heterocycles. The van der Waals surface area contributed by atoms with Crippen molar-refractivity contribution in [1.82, 2.24) is 0 Å². The van der Waals surface area contributed by atoms with Crippen molar-refractivity contribution in [3.05, 3.63) is 0 Å². The summed E-state index contributed by atoms with van der Waals surface area (Å²) >= 11 is 0. The van der Waals surface area contributed by atoms with E-state index in [2.05, 4.69) is 0 Å². The summed E-state index contributed by atoms with van der Waals surface area (Å²) < 4.78 is 37.9. The van der Waals surface area contributed by atoms with Crippen LogP contribution in [0.25, 0.3) is 0 Å². The van der Waals surface area contributed by atoms with E-state index in [0.717, 1.165) is 0 Å². The summed E-state index contributed by atoms with van der Waals surface area (Å²) in [6, 6.07) is 0. The third-order valence-corrected chi connectivity index (χ3v) is 3.23. The summed E-state index contributed by atoms with van der Waals surface area (Å²) in [5.74, 6) is 0.254. The highest BCUT2D eigenvalue weighted by Gasteiger charge is 2.49. The van der Waals surface area contributed by atoms with Crippen molar-refractivity contribution in [2.24, 2.45) is 16.7 Å². The minimum absolute atomic E-state index is 0.168. The Hall–Kier alpha value is -0.210. The summed E-state index contributed by atoms with van der Waals surface area (Å²) in [7, 11) is 0. The Kier molecular flexibility index (Phi) is 3.69. The summed E-state index contributed by atoms with van der Waals surface area (Å²) in [5.41, 5.74) is -1.88. The monoisotopic (exact) mass is 210 g/mol. The predicted molar refractivity (Wildman–Crippen MR) is 53.1 cm³/mol. The fourth-order valence-corrected chi connectivity index (χ4v) is 1.44. The number of hydrogen-bond donors (Lipinski definition) is 0. The number of hydrogen-bond acceptors (Lipinski definition) is 0. The first-order valence-electron chi connectivity index (χ1n) is 4.97. The topological polar surface area (TPSA) is 0 Å². The van der Waals surface area contributed by atoms with Crippen LogP contribution in [0.3, 0.4) is 0 Å². The Bertz CT molecular complexity index is 187. The smallest absolute Gasteiger partial charge is 0.171 e. The molecule has 0 atom stereocenters. The molecule has 0 aromatic carbocycles. The summed E-state index contributed by atoms with van der Waals surface area (Å²) in [6.07, 6.45) is -3.94. The summed E-state index contributed by atoms with van der Waals surface area (Å²) in [4.78, 5) is 0. The molecule has 0 fully saturated rings. The molecule has 0 N–H and O–H groups in total. The van der Waals surface area contributed by atoms with Crippen LogP contribution in [-0.4, -0.2) is 6.18 Å². The Balaban J connectivity index is 4.67. The minimum atomic E-state index is -4.11. The van der Waals surface area contributed by atoms with Crippen molar-refractivity contribution >= 4 is 0 Å². The van der Waals surface area contributed by atoms with Gasteiger partial charge >= 0.3 is 6.18 Å². The molecule has 0 nitrogen and oxygen atoms in total. The van der Waals surface area contributed by atoms with E-state index in [0.29, 0.717) is 0 Å². The van der Waals surface area contributed by atoms with E-state index in [1.165, 1.54) is 13.8 Å². The Morgan fingerprint density at radius 2 is 1.29 bits per heavy atom. The van der Waals surface area contributed by atoms with Gasteiger partial charge in [-0.1, -0.05) is 41.5 Å². The lowest BCUT2D eigenvalue weighted by Gasteiger charge is -2.38. The van der Waals surface area contributed by atoms with Crippen LogP contribution in [0.2, 0.25) is 0 Å². The molecule has 0 amide bonds. The molecular weight excluding hydrogens is 189 g/mol. The van der Waals surface area contributed by atoms with Crippen molar-refractivity contribution in [3.8, 4) is 0 Å². The average molecular weight is 210 g/mol. The highest BCUT2D eigenvalue weighted by atomic mass is 19.4. The molecule has 0 aliphatic rings. The van der Waals surface area contributed by atoms with E-state index in [4.69, 9.17) is 0 Å². The van der Waals surface area contributed by atoms with Crippen LogP contribution in [0.5, 0.6) is 0 Å². The molecule has 0 rings (SSSR count). The largest absolute Gasteiger partial charge is 0.393 e. The van der Waals surface area contributed by atoms with Crippen LogP contribution >= 0.6 is 0 Å². The van der Waals surface area contributed by atoms with E-state index >= 15 is 0 Å². The van der Waals surface area contributed by atoms with E-state index in [-0.39, 0.29) is 17.8 Å². The third kappa shape index (κ3) is 3.18. The molecule has 14 heavy (non-hydrogen) atoms. The van der Waals surface area contributed by atoms with Crippen molar-refractivity contribution in [2.75, 3.05) is 0 Å². The van der Waals surface area contributed by atoms with Gasteiger partial charge in [-0.25, -0.2) is 0 Å². The maximum absolute atomic E-state index is 12.6. The normalized spacial score (nSPS) is 15.0. The molecule has 0 saturated carbocycles. The van der Waals surface area contributed by atoms with Crippen LogP contribution in [0.1, 0.15) is 48.0 Å². The van der Waals surface area contributed by atoms with Gasteiger partial charge in [-0.3, -0.25) is 0 Å². The van der Waals surface area contributed by atoms with E-state index in [1.54, 1.807) is 0 Å². The lowest BCUT2D eigenvalue weighted by atomic mass is 9.69. The lowest BCUT2D eigenvalue weighted by molar-refractivity contribution is -0.222. The van der Waals surface area contributed by atoms with Gasteiger partial charge < -0.3 is 0 Å². The molecule has 0 saturated heterocycles.